The molecule has 0 aliphatic heterocycles. The minimum Gasteiger partial charge on any atom is -0.472 e. The Hall–Kier alpha value is -5.45. The van der Waals surface area contributed by atoms with Gasteiger partial charge in [0.25, 0.3) is 23.6 Å². The molecule has 0 spiro atoms. The quantitative estimate of drug-likeness (QED) is 0.0980. The molecule has 304 valence electrons. The average Bonchev–Trinajstić information content (AvgIpc) is 3.73. The van der Waals surface area contributed by atoms with E-state index in [-0.39, 0.29) is 47.8 Å². The molecular formula is C33H27ClF10N10O3. The van der Waals surface area contributed by atoms with Gasteiger partial charge >= 0.3 is 11.5 Å². The van der Waals surface area contributed by atoms with Gasteiger partial charge in [-0.3, -0.25) is 18.8 Å². The second-order valence-corrected chi connectivity index (χ2v) is 13.0. The molecule has 6 aromatic heterocycles. The molecule has 0 unspecified atom stereocenters. The summed E-state index contributed by atoms with van der Waals surface area (Å²) in [4.78, 5) is 15.6. The number of aromatic nitrogens is 10. The van der Waals surface area contributed by atoms with E-state index in [9.17, 15) is 43.9 Å². The number of alkyl halides is 9. The van der Waals surface area contributed by atoms with Crippen molar-refractivity contribution >= 4 is 22.9 Å². The van der Waals surface area contributed by atoms with Crippen molar-refractivity contribution in [3.8, 4) is 34.3 Å². The summed E-state index contributed by atoms with van der Waals surface area (Å²) in [6.07, 6.45) is -0.226. The Morgan fingerprint density at radius 1 is 0.684 bits per heavy atom. The first-order valence-electron chi connectivity index (χ1n) is 16.2. The summed E-state index contributed by atoms with van der Waals surface area (Å²) >= 11 is 4.99. The maximum absolute atomic E-state index is 14.3. The fraction of sp³-hybridized carbons (Fsp3) is 0.394. The van der Waals surface area contributed by atoms with E-state index in [1.807, 2.05) is 0 Å². The lowest BCUT2D eigenvalue weighted by atomic mass is 9.91. The van der Waals surface area contributed by atoms with E-state index in [2.05, 4.69) is 45.1 Å². The van der Waals surface area contributed by atoms with Crippen LogP contribution in [0, 0.1) is 11.6 Å². The molecule has 2 saturated carbocycles. The third-order valence-corrected chi connectivity index (χ3v) is 8.46. The van der Waals surface area contributed by atoms with Gasteiger partial charge < -0.3 is 14.2 Å². The van der Waals surface area contributed by atoms with Crippen LogP contribution in [0.5, 0.6) is 11.8 Å². The molecule has 2 fully saturated rings. The highest BCUT2D eigenvalue weighted by Crippen LogP contribution is 2.41. The van der Waals surface area contributed by atoms with Crippen molar-refractivity contribution in [1.29, 1.82) is 0 Å². The number of hydrogen-bond donors (Lipinski definition) is 0. The Bertz CT molecular complexity index is 2400. The molecule has 6 aromatic rings. The van der Waals surface area contributed by atoms with E-state index in [0.717, 1.165) is 33.3 Å². The molecule has 13 nitrogen and oxygen atoms in total. The highest BCUT2D eigenvalue weighted by Gasteiger charge is 2.48. The van der Waals surface area contributed by atoms with Gasteiger partial charge in [0.2, 0.25) is 11.6 Å². The van der Waals surface area contributed by atoms with Crippen LogP contribution in [0.4, 0.5) is 43.9 Å². The van der Waals surface area contributed by atoms with E-state index in [1.165, 1.54) is 31.7 Å². The van der Waals surface area contributed by atoms with E-state index < -0.39 is 96.3 Å². The standard InChI is InChI=1S/C17H14F5N5O2.C15H9ClF5N5O.CH4/c1-2-28-17(21,22)15-26-25-13-7-23-12(8-27(13)15)9-3-11(18)14(24-6-9)29-10-4-16(19,20)5-10;16-15(20,21)13-25-24-11-5-22-10(6-26(11)13)7-1-9(17)12(23-4-7)27-8-2-14(18,19)3-8;/h3,6-8,10H,2,4-5H2,1H3;1,4-6,8H,2-3H2;1H4. The highest BCUT2D eigenvalue weighted by molar-refractivity contribution is 6.21. The maximum Gasteiger partial charge on any atom is 0.418 e. The Balaban J connectivity index is 0.000000190. The molecule has 6 heterocycles. The molecule has 0 bridgehead atoms. The van der Waals surface area contributed by atoms with Crippen molar-refractivity contribution in [1.82, 2.24) is 49.1 Å². The van der Waals surface area contributed by atoms with E-state index >= 15 is 0 Å². The first-order chi connectivity index (χ1) is 26.3. The molecule has 57 heavy (non-hydrogen) atoms. The van der Waals surface area contributed by atoms with Crippen molar-refractivity contribution in [3.05, 3.63) is 72.6 Å². The Morgan fingerprint density at radius 2 is 1.11 bits per heavy atom. The van der Waals surface area contributed by atoms with Crippen molar-refractivity contribution < 1.29 is 58.1 Å². The molecule has 8 rings (SSSR count). The van der Waals surface area contributed by atoms with Crippen LogP contribution in [0.15, 0.2) is 49.3 Å². The third-order valence-electron chi connectivity index (χ3n) is 8.29. The van der Waals surface area contributed by atoms with Gasteiger partial charge in [0.1, 0.15) is 12.2 Å². The number of hydrogen-bond acceptors (Lipinski definition) is 11. The van der Waals surface area contributed by atoms with Gasteiger partial charge in [-0.15, -0.1) is 20.4 Å². The second-order valence-electron chi connectivity index (χ2n) is 12.5. The summed E-state index contributed by atoms with van der Waals surface area (Å²) in [5.74, 6) is -9.79. The fourth-order valence-electron chi connectivity index (χ4n) is 5.54. The number of fused-ring (bicyclic) bond motifs is 2. The smallest absolute Gasteiger partial charge is 0.418 e. The summed E-state index contributed by atoms with van der Waals surface area (Å²) < 4.78 is 151. The average molecular weight is 837 g/mol. The van der Waals surface area contributed by atoms with Crippen molar-refractivity contribution in [2.45, 2.75) is 75.6 Å². The van der Waals surface area contributed by atoms with Crippen LogP contribution in [0.2, 0.25) is 0 Å². The van der Waals surface area contributed by atoms with Crippen LogP contribution < -0.4 is 9.47 Å². The maximum atomic E-state index is 14.3. The van der Waals surface area contributed by atoms with Crippen LogP contribution in [-0.4, -0.2) is 79.8 Å². The Labute approximate surface area is 319 Å². The van der Waals surface area contributed by atoms with Gasteiger partial charge in [-0.25, -0.2) is 36.3 Å². The summed E-state index contributed by atoms with van der Waals surface area (Å²) in [5.41, 5.74) is 0.584. The predicted octanol–water partition coefficient (Wildman–Crippen LogP) is 8.01. The Kier molecular flexibility index (Phi) is 10.9. The molecule has 0 amide bonds. The van der Waals surface area contributed by atoms with Crippen LogP contribution >= 0.6 is 11.6 Å². The molecule has 0 saturated heterocycles. The van der Waals surface area contributed by atoms with Crippen molar-refractivity contribution in [2.24, 2.45) is 0 Å². The van der Waals surface area contributed by atoms with Crippen LogP contribution in [0.1, 0.15) is 51.7 Å². The summed E-state index contributed by atoms with van der Waals surface area (Å²) in [7, 11) is 0. The third kappa shape index (κ3) is 8.77. The van der Waals surface area contributed by atoms with Gasteiger partial charge in [-0.05, 0) is 30.7 Å². The lowest BCUT2D eigenvalue weighted by molar-refractivity contribution is -0.251. The monoisotopic (exact) mass is 836 g/mol. The number of pyridine rings is 2. The number of ether oxygens (including phenoxy) is 3. The normalized spacial score (nSPS) is 16.6. The SMILES string of the molecule is C.CCOC(F)(F)c1nnc2cnc(-c3cnc(OC4CC(F)(F)C4)c(F)c3)cn12.Fc1cc(-c2cn3c(C(F)(F)Cl)nnc3cn2)cnc1OC1CC(F)(F)C1. The van der Waals surface area contributed by atoms with E-state index in [4.69, 9.17) is 21.1 Å². The van der Waals surface area contributed by atoms with Gasteiger partial charge in [0.15, 0.2) is 22.9 Å². The Morgan fingerprint density at radius 3 is 1.49 bits per heavy atom. The van der Waals surface area contributed by atoms with E-state index in [0.29, 0.717) is 0 Å². The zero-order chi connectivity index (χ0) is 40.2. The van der Waals surface area contributed by atoms with Gasteiger partial charge in [-0.1, -0.05) is 7.43 Å². The molecule has 0 radical (unpaired) electrons. The lowest BCUT2D eigenvalue weighted by Crippen LogP contribution is -2.43. The lowest BCUT2D eigenvalue weighted by Gasteiger charge is -2.34. The molecule has 2 aliphatic carbocycles. The van der Waals surface area contributed by atoms with E-state index in [1.54, 1.807) is 0 Å². The molecule has 2 aliphatic rings. The van der Waals surface area contributed by atoms with Gasteiger partial charge in [0, 0.05) is 61.6 Å². The minimum absolute atomic E-state index is 0. The zero-order valence-electron chi connectivity index (χ0n) is 28.2. The largest absolute Gasteiger partial charge is 0.472 e. The molecule has 0 aromatic carbocycles. The molecular weight excluding hydrogens is 810 g/mol. The number of rotatable bonds is 10. The van der Waals surface area contributed by atoms with Crippen LogP contribution in [0.3, 0.4) is 0 Å². The summed E-state index contributed by atoms with van der Waals surface area (Å²) in [6.45, 7) is 1.16. The predicted molar refractivity (Wildman–Crippen MR) is 177 cm³/mol. The molecule has 0 atom stereocenters. The molecule has 24 heteroatoms. The van der Waals surface area contributed by atoms with Crippen LogP contribution in [0.25, 0.3) is 33.8 Å². The summed E-state index contributed by atoms with van der Waals surface area (Å²) in [5, 5.41) is 10.1. The van der Waals surface area contributed by atoms with Gasteiger partial charge in [0.05, 0.1) is 30.4 Å². The first kappa shape index (κ1) is 41.2. The van der Waals surface area contributed by atoms with Gasteiger partial charge in [-0.2, -0.15) is 17.6 Å². The topological polar surface area (TPSA) is 140 Å². The summed E-state index contributed by atoms with van der Waals surface area (Å²) in [6, 6.07) is 2.04. The zero-order valence-corrected chi connectivity index (χ0v) is 28.9. The fourth-order valence-corrected chi connectivity index (χ4v) is 5.67. The highest BCUT2D eigenvalue weighted by atomic mass is 35.5. The molecule has 0 N–H and O–H groups in total. The second kappa shape index (κ2) is 15.1. The van der Waals surface area contributed by atoms with Crippen LogP contribution in [-0.2, 0) is 16.2 Å². The number of nitrogens with zero attached hydrogens (tertiary/aromatic N) is 10. The first-order valence-corrected chi connectivity index (χ1v) is 16.6. The minimum atomic E-state index is -3.76. The van der Waals surface area contributed by atoms with Crippen molar-refractivity contribution in [3.63, 3.8) is 0 Å². The number of halogens is 11. The van der Waals surface area contributed by atoms with Crippen molar-refractivity contribution in [2.75, 3.05) is 6.61 Å².